The molecule has 1 aromatic carbocycles. The Hall–Kier alpha value is -2.30. The smallest absolute Gasteiger partial charge is 0.256 e. The fraction of sp³-hybridized carbons (Fsp3) is 0.231. The summed E-state index contributed by atoms with van der Waals surface area (Å²) in [7, 11) is 0. The van der Waals surface area contributed by atoms with E-state index in [2.05, 4.69) is 5.32 Å². The molecule has 0 bridgehead atoms. The number of rotatable bonds is 2. The van der Waals surface area contributed by atoms with Crippen molar-refractivity contribution in [3.63, 3.8) is 0 Å². The second kappa shape index (κ2) is 4.52. The van der Waals surface area contributed by atoms with Gasteiger partial charge in [-0.2, -0.15) is 0 Å². The number of fused-ring (bicyclic) bond motifs is 1. The Morgan fingerprint density at radius 3 is 2.83 bits per heavy atom. The van der Waals surface area contributed by atoms with Crippen LogP contribution in [0.2, 0.25) is 0 Å². The van der Waals surface area contributed by atoms with Gasteiger partial charge in [-0.3, -0.25) is 10.2 Å². The summed E-state index contributed by atoms with van der Waals surface area (Å²) in [5.74, 6) is -0.402. The number of hydrogen-bond donors (Lipinski definition) is 3. The van der Waals surface area contributed by atoms with E-state index in [1.54, 1.807) is 18.2 Å². The van der Waals surface area contributed by atoms with Crippen molar-refractivity contribution >= 4 is 16.9 Å². The summed E-state index contributed by atoms with van der Waals surface area (Å²) in [6, 6.07) is 6.36. The van der Waals surface area contributed by atoms with Crippen LogP contribution in [-0.2, 0) is 0 Å². The zero-order valence-electron chi connectivity index (χ0n) is 10.2. The minimum Gasteiger partial charge on any atom is -0.504 e. The number of benzene rings is 1. The molecule has 0 saturated carbocycles. The maximum Gasteiger partial charge on any atom is 0.256 e. The Morgan fingerprint density at radius 1 is 1.44 bits per heavy atom. The molecule has 5 heteroatoms. The Labute approximate surface area is 104 Å². The quantitative estimate of drug-likeness (QED) is 0.754. The van der Waals surface area contributed by atoms with Gasteiger partial charge in [0, 0.05) is 11.4 Å². The van der Waals surface area contributed by atoms with Gasteiger partial charge < -0.3 is 14.8 Å². The number of carbonyl (C=O) groups is 1. The molecule has 2 aromatic rings. The topological polar surface area (TPSA) is 86.3 Å². The third-order valence-corrected chi connectivity index (χ3v) is 2.44. The van der Waals surface area contributed by atoms with Gasteiger partial charge in [0.05, 0.1) is 0 Å². The SMILES string of the molecule is CC(C)NC(=O)c1cc2cccc(O)c2oc1=N. The third kappa shape index (κ3) is 2.20. The van der Waals surface area contributed by atoms with Crippen LogP contribution in [-0.4, -0.2) is 17.1 Å². The van der Waals surface area contributed by atoms with Crippen molar-refractivity contribution in [2.45, 2.75) is 19.9 Å². The maximum atomic E-state index is 11.9. The van der Waals surface area contributed by atoms with Crippen LogP contribution in [0.25, 0.3) is 11.0 Å². The van der Waals surface area contributed by atoms with Crippen molar-refractivity contribution in [1.82, 2.24) is 5.32 Å². The van der Waals surface area contributed by atoms with Gasteiger partial charge in [0.1, 0.15) is 5.56 Å². The molecule has 0 aliphatic heterocycles. The first-order valence-electron chi connectivity index (χ1n) is 5.60. The van der Waals surface area contributed by atoms with E-state index in [0.717, 1.165) is 0 Å². The molecule has 94 valence electrons. The monoisotopic (exact) mass is 246 g/mol. The van der Waals surface area contributed by atoms with Crippen molar-refractivity contribution < 1.29 is 14.3 Å². The van der Waals surface area contributed by atoms with Crippen LogP contribution in [0.1, 0.15) is 24.2 Å². The van der Waals surface area contributed by atoms with Gasteiger partial charge in [0.25, 0.3) is 5.91 Å². The van der Waals surface area contributed by atoms with Crippen molar-refractivity contribution in [1.29, 1.82) is 5.41 Å². The summed E-state index contributed by atoms with van der Waals surface area (Å²) in [5.41, 5.74) is 0.104. The minimum atomic E-state index is -0.357. The number of hydrogen-bond acceptors (Lipinski definition) is 4. The van der Waals surface area contributed by atoms with Crippen LogP contribution in [0.15, 0.2) is 28.7 Å². The number of carbonyl (C=O) groups excluding carboxylic acids is 1. The molecule has 5 nitrogen and oxygen atoms in total. The molecule has 2 rings (SSSR count). The van der Waals surface area contributed by atoms with Gasteiger partial charge in [-0.25, -0.2) is 0 Å². The molecule has 1 aromatic heterocycles. The molecular weight excluding hydrogens is 232 g/mol. The predicted molar refractivity (Wildman–Crippen MR) is 66.3 cm³/mol. The lowest BCUT2D eigenvalue weighted by molar-refractivity contribution is 0.0938. The van der Waals surface area contributed by atoms with Gasteiger partial charge in [-0.15, -0.1) is 0 Å². The van der Waals surface area contributed by atoms with E-state index < -0.39 is 0 Å². The molecule has 0 unspecified atom stereocenters. The second-order valence-corrected chi connectivity index (χ2v) is 4.31. The number of phenolic OH excluding ortho intramolecular Hbond substituents is 1. The van der Waals surface area contributed by atoms with Gasteiger partial charge >= 0.3 is 0 Å². The van der Waals surface area contributed by atoms with Gasteiger partial charge in [-0.05, 0) is 26.0 Å². The Bertz CT molecular complexity index is 659. The van der Waals surface area contributed by atoms with Crippen LogP contribution in [0.3, 0.4) is 0 Å². The predicted octanol–water partition coefficient (Wildman–Crippen LogP) is 1.76. The fourth-order valence-corrected chi connectivity index (χ4v) is 1.65. The van der Waals surface area contributed by atoms with E-state index in [1.807, 2.05) is 13.8 Å². The van der Waals surface area contributed by atoms with E-state index in [-0.39, 0.29) is 34.4 Å². The first-order valence-corrected chi connectivity index (χ1v) is 5.60. The average molecular weight is 246 g/mol. The molecule has 0 atom stereocenters. The normalized spacial score (nSPS) is 10.8. The van der Waals surface area contributed by atoms with Crippen molar-refractivity contribution in [2.24, 2.45) is 0 Å². The van der Waals surface area contributed by atoms with Gasteiger partial charge in [0.15, 0.2) is 11.3 Å². The first kappa shape index (κ1) is 12.2. The van der Waals surface area contributed by atoms with Crippen molar-refractivity contribution in [3.8, 4) is 5.75 Å². The lowest BCUT2D eigenvalue weighted by atomic mass is 10.1. The number of amides is 1. The molecule has 1 heterocycles. The molecule has 0 radical (unpaired) electrons. The molecule has 3 N–H and O–H groups in total. The lowest BCUT2D eigenvalue weighted by Crippen LogP contribution is -2.33. The summed E-state index contributed by atoms with van der Waals surface area (Å²) in [4.78, 5) is 11.9. The second-order valence-electron chi connectivity index (χ2n) is 4.31. The molecule has 0 aliphatic rings. The van der Waals surface area contributed by atoms with E-state index in [0.29, 0.717) is 5.39 Å². The summed E-state index contributed by atoms with van der Waals surface area (Å²) in [5, 5.41) is 20.6. The van der Waals surface area contributed by atoms with E-state index in [9.17, 15) is 9.90 Å². The molecule has 18 heavy (non-hydrogen) atoms. The number of phenols is 1. The highest BCUT2D eigenvalue weighted by Gasteiger charge is 2.13. The third-order valence-electron chi connectivity index (χ3n) is 2.44. The zero-order chi connectivity index (χ0) is 13.3. The summed E-state index contributed by atoms with van der Waals surface area (Å²) in [6.45, 7) is 3.68. The standard InChI is InChI=1S/C13H14N2O3/c1-7(2)15-13(17)9-6-8-4-3-5-10(16)11(8)18-12(9)14/h3-7,14,16H,1-2H3,(H,15,17). The average Bonchev–Trinajstić information content (AvgIpc) is 2.28. The van der Waals surface area contributed by atoms with E-state index in [4.69, 9.17) is 9.83 Å². The van der Waals surface area contributed by atoms with Crippen LogP contribution >= 0.6 is 0 Å². The van der Waals surface area contributed by atoms with Crippen LogP contribution < -0.4 is 10.9 Å². The lowest BCUT2D eigenvalue weighted by Gasteiger charge is -2.08. The van der Waals surface area contributed by atoms with Gasteiger partial charge in [-0.1, -0.05) is 12.1 Å². The van der Waals surface area contributed by atoms with Gasteiger partial charge in [0.2, 0.25) is 5.55 Å². The Balaban J connectivity index is 2.57. The highest BCUT2D eigenvalue weighted by molar-refractivity contribution is 5.97. The van der Waals surface area contributed by atoms with Crippen molar-refractivity contribution in [2.75, 3.05) is 0 Å². The number of aromatic hydroxyl groups is 1. The molecule has 0 aliphatic carbocycles. The summed E-state index contributed by atoms with van der Waals surface area (Å²) in [6.07, 6.45) is 0. The molecule has 1 amide bonds. The molecule has 0 fully saturated rings. The molecular formula is C13H14N2O3. The van der Waals surface area contributed by atoms with Crippen LogP contribution in [0.5, 0.6) is 5.75 Å². The highest BCUT2D eigenvalue weighted by Crippen LogP contribution is 2.23. The number of nitrogens with one attached hydrogen (secondary N) is 2. The Morgan fingerprint density at radius 2 is 2.17 bits per heavy atom. The van der Waals surface area contributed by atoms with Crippen molar-refractivity contribution in [3.05, 3.63) is 35.4 Å². The molecule has 0 spiro atoms. The number of para-hydroxylation sites is 1. The maximum absolute atomic E-state index is 11.9. The minimum absolute atomic E-state index is 0.0169. The van der Waals surface area contributed by atoms with Crippen LogP contribution in [0.4, 0.5) is 0 Å². The summed E-state index contributed by atoms with van der Waals surface area (Å²) >= 11 is 0. The van der Waals surface area contributed by atoms with E-state index in [1.165, 1.54) is 6.07 Å². The zero-order valence-corrected chi connectivity index (χ0v) is 10.2. The highest BCUT2D eigenvalue weighted by atomic mass is 16.4. The first-order chi connectivity index (χ1) is 8.49. The largest absolute Gasteiger partial charge is 0.504 e. The summed E-state index contributed by atoms with van der Waals surface area (Å²) < 4.78 is 5.18. The molecule has 0 saturated heterocycles. The van der Waals surface area contributed by atoms with E-state index >= 15 is 0 Å². The Kier molecular flexibility index (Phi) is 3.06. The van der Waals surface area contributed by atoms with Crippen LogP contribution in [0, 0.1) is 5.41 Å². The fourth-order valence-electron chi connectivity index (χ4n) is 1.65.